The minimum atomic E-state index is -0.234. The highest BCUT2D eigenvalue weighted by Gasteiger charge is 2.16. The zero-order valence-corrected chi connectivity index (χ0v) is 9.82. The van der Waals surface area contributed by atoms with Crippen LogP contribution in [0, 0.1) is 5.82 Å². The molecule has 0 aliphatic carbocycles. The van der Waals surface area contributed by atoms with Crippen LogP contribution in [0.2, 0.25) is 5.02 Å². The Hall–Kier alpha value is -0.250. The van der Waals surface area contributed by atoms with Crippen LogP contribution in [0.1, 0.15) is 11.6 Å². The molecule has 1 rings (SSSR count). The van der Waals surface area contributed by atoms with Gasteiger partial charge in [-0.25, -0.2) is 4.39 Å². The maximum absolute atomic E-state index is 13.4. The van der Waals surface area contributed by atoms with Crippen molar-refractivity contribution < 1.29 is 4.39 Å². The molecule has 1 atom stereocenters. The molecule has 0 aliphatic heterocycles. The second kappa shape index (κ2) is 5.01. The van der Waals surface area contributed by atoms with Gasteiger partial charge in [-0.1, -0.05) is 11.6 Å². The Balaban J connectivity index is 3.08. The monoisotopic (exact) mass is 233 g/mol. The highest BCUT2D eigenvalue weighted by atomic mass is 35.5. The highest BCUT2D eigenvalue weighted by Crippen LogP contribution is 2.25. The molecular formula is C10H13ClFNS. The summed E-state index contributed by atoms with van der Waals surface area (Å²) in [5.41, 5.74) is 0.595. The predicted molar refractivity (Wildman–Crippen MR) is 61.7 cm³/mol. The van der Waals surface area contributed by atoms with E-state index in [9.17, 15) is 4.39 Å². The van der Waals surface area contributed by atoms with Gasteiger partial charge in [-0.15, -0.1) is 0 Å². The minimum Gasteiger partial charge on any atom is -0.301 e. The van der Waals surface area contributed by atoms with Gasteiger partial charge in [0.15, 0.2) is 0 Å². The van der Waals surface area contributed by atoms with Crippen LogP contribution in [0.25, 0.3) is 0 Å². The van der Waals surface area contributed by atoms with E-state index in [1.54, 1.807) is 12.1 Å². The summed E-state index contributed by atoms with van der Waals surface area (Å²) < 4.78 is 13.4. The summed E-state index contributed by atoms with van der Waals surface area (Å²) in [7, 11) is 3.78. The first kappa shape index (κ1) is 11.8. The number of nitrogens with zero attached hydrogens (tertiary/aromatic N) is 1. The van der Waals surface area contributed by atoms with Gasteiger partial charge >= 0.3 is 0 Å². The molecule has 78 valence electrons. The van der Waals surface area contributed by atoms with Crippen molar-refractivity contribution in [2.45, 2.75) is 6.04 Å². The standard InChI is InChI=1S/C10H13ClFNS/c1-13(2)10(6-14)8-5-7(11)3-4-9(8)12/h3-5,10,14H,6H2,1-2H3. The van der Waals surface area contributed by atoms with Gasteiger partial charge < -0.3 is 4.90 Å². The number of halogens is 2. The summed E-state index contributed by atoms with van der Waals surface area (Å²) in [6.07, 6.45) is 0. The van der Waals surface area contributed by atoms with E-state index in [0.717, 1.165) is 0 Å². The Kier molecular flexibility index (Phi) is 4.23. The van der Waals surface area contributed by atoms with Gasteiger partial charge in [-0.3, -0.25) is 0 Å². The molecule has 0 fully saturated rings. The average molecular weight is 234 g/mol. The van der Waals surface area contributed by atoms with Crippen LogP contribution in [0.4, 0.5) is 4.39 Å². The first-order valence-corrected chi connectivity index (χ1v) is 5.29. The van der Waals surface area contributed by atoms with Crippen molar-refractivity contribution in [3.05, 3.63) is 34.6 Å². The van der Waals surface area contributed by atoms with Crippen LogP contribution < -0.4 is 0 Å². The first-order valence-electron chi connectivity index (χ1n) is 4.28. The summed E-state index contributed by atoms with van der Waals surface area (Å²) in [5, 5.41) is 0.551. The molecule has 0 saturated carbocycles. The molecule has 0 amide bonds. The number of benzene rings is 1. The quantitative estimate of drug-likeness (QED) is 0.786. The van der Waals surface area contributed by atoms with E-state index in [1.807, 2.05) is 19.0 Å². The van der Waals surface area contributed by atoms with E-state index >= 15 is 0 Å². The predicted octanol–water partition coefficient (Wildman–Crippen LogP) is 3.01. The number of hydrogen-bond donors (Lipinski definition) is 1. The van der Waals surface area contributed by atoms with Crippen LogP contribution in [-0.2, 0) is 0 Å². The lowest BCUT2D eigenvalue weighted by Gasteiger charge is -2.23. The molecule has 0 aliphatic rings. The lowest BCUT2D eigenvalue weighted by Crippen LogP contribution is -2.22. The molecule has 0 spiro atoms. The molecule has 0 heterocycles. The lowest BCUT2D eigenvalue weighted by atomic mass is 10.1. The van der Waals surface area contributed by atoms with Crippen LogP contribution in [0.3, 0.4) is 0 Å². The van der Waals surface area contributed by atoms with Gasteiger partial charge in [0.05, 0.1) is 0 Å². The molecule has 4 heteroatoms. The van der Waals surface area contributed by atoms with E-state index in [2.05, 4.69) is 12.6 Å². The van der Waals surface area contributed by atoms with E-state index in [1.165, 1.54) is 6.07 Å². The number of thiol groups is 1. The molecule has 1 unspecified atom stereocenters. The van der Waals surface area contributed by atoms with Gasteiger partial charge in [0.1, 0.15) is 5.82 Å². The Morgan fingerprint density at radius 2 is 2.14 bits per heavy atom. The fourth-order valence-electron chi connectivity index (χ4n) is 1.31. The zero-order chi connectivity index (χ0) is 10.7. The SMILES string of the molecule is CN(C)C(CS)c1cc(Cl)ccc1F. The summed E-state index contributed by atoms with van der Waals surface area (Å²) in [6.45, 7) is 0. The Bertz CT molecular complexity index is 317. The molecule has 0 aromatic heterocycles. The third kappa shape index (κ3) is 2.62. The summed E-state index contributed by atoms with van der Waals surface area (Å²) >= 11 is 10.0. The summed E-state index contributed by atoms with van der Waals surface area (Å²) in [4.78, 5) is 1.92. The molecule has 0 radical (unpaired) electrons. The number of rotatable bonds is 3. The first-order chi connectivity index (χ1) is 6.56. The van der Waals surface area contributed by atoms with Gasteiger partial charge in [-0.2, -0.15) is 12.6 Å². The van der Waals surface area contributed by atoms with Crippen molar-refractivity contribution in [1.29, 1.82) is 0 Å². The van der Waals surface area contributed by atoms with Gasteiger partial charge in [0.25, 0.3) is 0 Å². The normalized spacial score (nSPS) is 13.3. The van der Waals surface area contributed by atoms with Crippen LogP contribution in [-0.4, -0.2) is 24.7 Å². The van der Waals surface area contributed by atoms with Crippen LogP contribution in [0.5, 0.6) is 0 Å². The van der Waals surface area contributed by atoms with Crippen molar-refractivity contribution in [3.8, 4) is 0 Å². The maximum atomic E-state index is 13.4. The second-order valence-corrected chi connectivity index (χ2v) is 4.13. The molecule has 0 saturated heterocycles. The van der Waals surface area contributed by atoms with E-state index in [-0.39, 0.29) is 11.9 Å². The van der Waals surface area contributed by atoms with Crippen molar-refractivity contribution in [1.82, 2.24) is 4.90 Å². The van der Waals surface area contributed by atoms with Crippen LogP contribution >= 0.6 is 24.2 Å². The fourth-order valence-corrected chi connectivity index (χ4v) is 2.01. The van der Waals surface area contributed by atoms with Crippen molar-refractivity contribution in [3.63, 3.8) is 0 Å². The summed E-state index contributed by atoms with van der Waals surface area (Å²) in [6, 6.07) is 4.54. The second-order valence-electron chi connectivity index (χ2n) is 3.33. The summed E-state index contributed by atoms with van der Waals surface area (Å²) in [5.74, 6) is 0.326. The molecular weight excluding hydrogens is 221 g/mol. The van der Waals surface area contributed by atoms with E-state index in [0.29, 0.717) is 16.3 Å². The molecule has 1 aromatic rings. The van der Waals surface area contributed by atoms with Crippen LogP contribution in [0.15, 0.2) is 18.2 Å². The van der Waals surface area contributed by atoms with Crippen molar-refractivity contribution in [2.24, 2.45) is 0 Å². The third-order valence-electron chi connectivity index (χ3n) is 2.11. The smallest absolute Gasteiger partial charge is 0.128 e. The fraction of sp³-hybridized carbons (Fsp3) is 0.400. The van der Waals surface area contributed by atoms with Gasteiger partial charge in [0.2, 0.25) is 0 Å². The largest absolute Gasteiger partial charge is 0.301 e. The average Bonchev–Trinajstić information content (AvgIpc) is 2.11. The maximum Gasteiger partial charge on any atom is 0.128 e. The van der Waals surface area contributed by atoms with Crippen molar-refractivity contribution in [2.75, 3.05) is 19.8 Å². The highest BCUT2D eigenvalue weighted by molar-refractivity contribution is 7.80. The van der Waals surface area contributed by atoms with Gasteiger partial charge in [0, 0.05) is 22.4 Å². The number of hydrogen-bond acceptors (Lipinski definition) is 2. The van der Waals surface area contributed by atoms with Gasteiger partial charge in [-0.05, 0) is 32.3 Å². The molecule has 1 aromatic carbocycles. The molecule has 0 N–H and O–H groups in total. The third-order valence-corrected chi connectivity index (χ3v) is 2.69. The topological polar surface area (TPSA) is 3.24 Å². The van der Waals surface area contributed by atoms with E-state index in [4.69, 9.17) is 11.6 Å². The van der Waals surface area contributed by atoms with Crippen molar-refractivity contribution >= 4 is 24.2 Å². The lowest BCUT2D eigenvalue weighted by molar-refractivity contribution is 0.318. The minimum absolute atomic E-state index is 0.0444. The Morgan fingerprint density at radius 3 is 2.64 bits per heavy atom. The molecule has 1 nitrogen and oxygen atoms in total. The zero-order valence-electron chi connectivity index (χ0n) is 8.17. The molecule has 14 heavy (non-hydrogen) atoms. The van der Waals surface area contributed by atoms with E-state index < -0.39 is 0 Å². The Morgan fingerprint density at radius 1 is 1.50 bits per heavy atom. The Labute approximate surface area is 94.3 Å². The molecule has 0 bridgehead atoms.